The fourth-order valence-electron chi connectivity index (χ4n) is 2.54. The Labute approximate surface area is 150 Å². The zero-order chi connectivity index (χ0) is 19.0. The van der Waals surface area contributed by atoms with Gasteiger partial charge in [-0.1, -0.05) is 52.8 Å². The first kappa shape index (κ1) is 16.8. The number of alkyl halides is 3. The average Bonchev–Trinajstić information content (AvgIpc) is 3.28. The van der Waals surface area contributed by atoms with Gasteiger partial charge >= 0.3 is 6.18 Å². The summed E-state index contributed by atoms with van der Waals surface area (Å²) in [5.41, 5.74) is 5.55. The van der Waals surface area contributed by atoms with Crippen LogP contribution in [0.15, 0.2) is 59.1 Å². The van der Waals surface area contributed by atoms with E-state index in [4.69, 9.17) is 10.3 Å². The molecule has 2 aromatic heterocycles. The first-order valence-corrected chi connectivity index (χ1v) is 7.72. The minimum Gasteiger partial charge on any atom is -0.382 e. The lowest BCUT2D eigenvalue weighted by Crippen LogP contribution is -2.12. The molecule has 0 aliphatic rings. The Kier molecular flexibility index (Phi) is 3.87. The van der Waals surface area contributed by atoms with Crippen LogP contribution in [0, 0.1) is 0 Å². The highest BCUT2D eigenvalue weighted by atomic mass is 19.4. The first-order valence-electron chi connectivity index (χ1n) is 7.72. The summed E-state index contributed by atoms with van der Waals surface area (Å²) in [5, 5.41) is 11.4. The van der Waals surface area contributed by atoms with E-state index >= 15 is 0 Å². The van der Waals surface area contributed by atoms with Gasteiger partial charge in [0.1, 0.15) is 0 Å². The fraction of sp³-hybridized carbons (Fsp3) is 0.0588. The summed E-state index contributed by atoms with van der Waals surface area (Å²) in [5.74, 6) is 0.118. The highest BCUT2D eigenvalue weighted by molar-refractivity contribution is 5.66. The Bertz CT molecular complexity index is 1090. The number of halogens is 3. The van der Waals surface area contributed by atoms with Crippen LogP contribution in [0.3, 0.4) is 0 Å². The molecule has 7 nitrogen and oxygen atoms in total. The number of benzene rings is 2. The minimum atomic E-state index is -4.57. The maximum atomic E-state index is 13.2. The van der Waals surface area contributed by atoms with Gasteiger partial charge in [0.25, 0.3) is 5.89 Å². The second kappa shape index (κ2) is 6.24. The third-order valence-electron chi connectivity index (χ3n) is 3.80. The van der Waals surface area contributed by atoms with Gasteiger partial charge in [0.05, 0.1) is 11.3 Å². The van der Waals surface area contributed by atoms with Crippen LogP contribution in [-0.4, -0.2) is 25.1 Å². The highest BCUT2D eigenvalue weighted by Crippen LogP contribution is 2.35. The number of nitrogens with two attached hydrogens (primary N) is 1. The van der Waals surface area contributed by atoms with Gasteiger partial charge < -0.3 is 10.3 Å². The van der Waals surface area contributed by atoms with Gasteiger partial charge in [0, 0.05) is 5.56 Å². The molecule has 0 amide bonds. The molecule has 10 heteroatoms. The van der Waals surface area contributed by atoms with Crippen molar-refractivity contribution in [2.24, 2.45) is 0 Å². The standard InChI is InChI=1S/C17H11F3N6O/c18-17(19,20)11-8-4-5-9-12(11)26-14(21)13(23-25-26)16-22-15(24-27-16)10-6-2-1-3-7-10/h1-9H,21H2. The lowest BCUT2D eigenvalue weighted by atomic mass is 10.1. The van der Waals surface area contributed by atoms with Crippen molar-refractivity contribution in [2.75, 3.05) is 5.73 Å². The topological polar surface area (TPSA) is 95.7 Å². The lowest BCUT2D eigenvalue weighted by Gasteiger charge is -2.12. The molecule has 0 saturated carbocycles. The normalized spacial score (nSPS) is 11.7. The molecule has 2 heterocycles. The highest BCUT2D eigenvalue weighted by Gasteiger charge is 2.35. The number of rotatable bonds is 3. The van der Waals surface area contributed by atoms with E-state index in [1.165, 1.54) is 18.2 Å². The molecule has 27 heavy (non-hydrogen) atoms. The molecule has 0 aliphatic heterocycles. The third-order valence-corrected chi connectivity index (χ3v) is 3.80. The van der Waals surface area contributed by atoms with Crippen molar-refractivity contribution in [1.29, 1.82) is 0 Å². The zero-order valence-electron chi connectivity index (χ0n) is 13.6. The van der Waals surface area contributed by atoms with Crippen LogP contribution in [0.2, 0.25) is 0 Å². The molecule has 0 atom stereocenters. The molecule has 0 saturated heterocycles. The Morgan fingerprint density at radius 3 is 2.41 bits per heavy atom. The van der Waals surface area contributed by atoms with Crippen LogP contribution < -0.4 is 5.73 Å². The lowest BCUT2D eigenvalue weighted by molar-refractivity contribution is -0.137. The Hall–Kier alpha value is -3.69. The summed E-state index contributed by atoms with van der Waals surface area (Å²) in [4.78, 5) is 4.19. The van der Waals surface area contributed by atoms with E-state index in [2.05, 4.69) is 20.5 Å². The third kappa shape index (κ3) is 3.01. The van der Waals surface area contributed by atoms with Crippen molar-refractivity contribution in [3.05, 3.63) is 60.2 Å². The summed E-state index contributed by atoms with van der Waals surface area (Å²) >= 11 is 0. The Morgan fingerprint density at radius 1 is 0.963 bits per heavy atom. The quantitative estimate of drug-likeness (QED) is 0.590. The second-order valence-electron chi connectivity index (χ2n) is 5.54. The van der Waals surface area contributed by atoms with E-state index in [1.54, 1.807) is 12.1 Å². The van der Waals surface area contributed by atoms with Crippen LogP contribution >= 0.6 is 0 Å². The number of aromatic nitrogens is 5. The molecule has 0 spiro atoms. The van der Waals surface area contributed by atoms with Crippen molar-refractivity contribution in [1.82, 2.24) is 25.1 Å². The zero-order valence-corrected chi connectivity index (χ0v) is 13.6. The predicted octanol–water partition coefficient (Wildman–Crippen LogP) is 3.59. The molecule has 4 aromatic rings. The van der Waals surface area contributed by atoms with Crippen molar-refractivity contribution in [3.8, 4) is 28.7 Å². The molecule has 0 aliphatic carbocycles. The molecule has 136 valence electrons. The van der Waals surface area contributed by atoms with Gasteiger partial charge in [0.2, 0.25) is 5.82 Å². The van der Waals surface area contributed by atoms with E-state index in [-0.39, 0.29) is 23.1 Å². The maximum absolute atomic E-state index is 13.2. The molecular weight excluding hydrogens is 361 g/mol. The summed E-state index contributed by atoms with van der Waals surface area (Å²) in [6.45, 7) is 0. The monoisotopic (exact) mass is 372 g/mol. The van der Waals surface area contributed by atoms with Crippen molar-refractivity contribution in [2.45, 2.75) is 6.18 Å². The van der Waals surface area contributed by atoms with Gasteiger partial charge in [-0.25, -0.2) is 0 Å². The van der Waals surface area contributed by atoms with E-state index < -0.39 is 11.7 Å². The van der Waals surface area contributed by atoms with Crippen LogP contribution in [0.5, 0.6) is 0 Å². The van der Waals surface area contributed by atoms with Gasteiger partial charge in [-0.3, -0.25) is 0 Å². The summed E-state index contributed by atoms with van der Waals surface area (Å²) in [7, 11) is 0. The largest absolute Gasteiger partial charge is 0.418 e. The Morgan fingerprint density at radius 2 is 1.67 bits per heavy atom. The van der Waals surface area contributed by atoms with Crippen molar-refractivity contribution < 1.29 is 17.7 Å². The molecule has 0 fully saturated rings. The van der Waals surface area contributed by atoms with E-state index in [1.807, 2.05) is 18.2 Å². The minimum absolute atomic E-state index is 0.00154. The number of anilines is 1. The summed E-state index contributed by atoms with van der Waals surface area (Å²) in [6, 6.07) is 14.0. The van der Waals surface area contributed by atoms with Gasteiger partial charge in [0.15, 0.2) is 11.5 Å². The number of para-hydroxylation sites is 1. The number of hydrogen-bond donors (Lipinski definition) is 1. The van der Waals surface area contributed by atoms with Crippen LogP contribution in [0.1, 0.15) is 5.56 Å². The molecular formula is C17H11F3N6O. The fourth-order valence-corrected chi connectivity index (χ4v) is 2.54. The SMILES string of the molecule is Nc1c(-c2nc(-c3ccccc3)no2)nnn1-c1ccccc1C(F)(F)F. The van der Waals surface area contributed by atoms with Crippen LogP contribution in [-0.2, 0) is 6.18 Å². The second-order valence-corrected chi connectivity index (χ2v) is 5.54. The van der Waals surface area contributed by atoms with Gasteiger partial charge in [-0.15, -0.1) is 5.10 Å². The van der Waals surface area contributed by atoms with E-state index in [9.17, 15) is 13.2 Å². The van der Waals surface area contributed by atoms with E-state index in [0.29, 0.717) is 11.4 Å². The van der Waals surface area contributed by atoms with Crippen molar-refractivity contribution >= 4 is 5.82 Å². The summed E-state index contributed by atoms with van der Waals surface area (Å²) < 4.78 is 45.8. The summed E-state index contributed by atoms with van der Waals surface area (Å²) in [6.07, 6.45) is -4.57. The molecule has 0 radical (unpaired) electrons. The molecule has 4 rings (SSSR count). The number of nitrogens with zero attached hydrogens (tertiary/aromatic N) is 5. The van der Waals surface area contributed by atoms with Gasteiger partial charge in [-0.2, -0.15) is 22.8 Å². The average molecular weight is 372 g/mol. The Balaban J connectivity index is 1.76. The molecule has 0 unspecified atom stereocenters. The molecule has 0 bridgehead atoms. The van der Waals surface area contributed by atoms with Crippen LogP contribution in [0.25, 0.3) is 28.7 Å². The molecule has 2 aromatic carbocycles. The van der Waals surface area contributed by atoms with Crippen molar-refractivity contribution in [3.63, 3.8) is 0 Å². The smallest absolute Gasteiger partial charge is 0.382 e. The number of hydrogen-bond acceptors (Lipinski definition) is 6. The predicted molar refractivity (Wildman–Crippen MR) is 89.5 cm³/mol. The molecule has 2 N–H and O–H groups in total. The van der Waals surface area contributed by atoms with Crippen LogP contribution in [0.4, 0.5) is 19.0 Å². The van der Waals surface area contributed by atoms with Gasteiger partial charge in [-0.05, 0) is 12.1 Å². The van der Waals surface area contributed by atoms with E-state index in [0.717, 1.165) is 10.7 Å². The number of nitrogen functional groups attached to an aromatic ring is 1. The first-order chi connectivity index (χ1) is 12.9. The maximum Gasteiger partial charge on any atom is 0.418 e.